The predicted molar refractivity (Wildman–Crippen MR) is 101 cm³/mol. The van der Waals surface area contributed by atoms with E-state index in [2.05, 4.69) is 21.7 Å². The molecular weight excluding hydrogens is 331 g/mol. The van der Waals surface area contributed by atoms with Crippen LogP contribution in [0.15, 0.2) is 36.4 Å². The number of nitrogens with one attached hydrogen (secondary N) is 3. The Balaban J connectivity index is 1.73. The van der Waals surface area contributed by atoms with E-state index in [1.807, 2.05) is 13.0 Å². The molecule has 2 rings (SSSR count). The standard InChI is InChI=1S/C20H25FN4O/c1-15-16(6-4-5-12-22)9-10-18(25-15)11-13-23-20(26)24-14-17-7-2-3-8-19(17)21/h2-3,7-10,12,22H,4-6,11,13-14H2,1H3,(H2,23,24,26). The van der Waals surface area contributed by atoms with Gasteiger partial charge in [0.15, 0.2) is 0 Å². The van der Waals surface area contributed by atoms with E-state index in [0.29, 0.717) is 18.5 Å². The molecule has 2 aromatic rings. The summed E-state index contributed by atoms with van der Waals surface area (Å²) < 4.78 is 13.5. The van der Waals surface area contributed by atoms with Gasteiger partial charge in [-0.25, -0.2) is 9.18 Å². The van der Waals surface area contributed by atoms with Crippen molar-refractivity contribution in [3.8, 4) is 0 Å². The average molecular weight is 356 g/mol. The van der Waals surface area contributed by atoms with Crippen molar-refractivity contribution in [3.05, 3.63) is 64.7 Å². The molecule has 1 heterocycles. The van der Waals surface area contributed by atoms with Gasteiger partial charge in [-0.05, 0) is 50.1 Å². The minimum absolute atomic E-state index is 0.153. The Bertz CT molecular complexity index is 748. The number of amides is 2. The molecule has 1 aromatic carbocycles. The number of carbonyl (C=O) groups excluding carboxylic acids is 1. The molecule has 0 saturated carbocycles. The first-order chi connectivity index (χ1) is 12.6. The van der Waals surface area contributed by atoms with Crippen LogP contribution in [-0.2, 0) is 19.4 Å². The number of halogens is 1. The maximum absolute atomic E-state index is 13.5. The van der Waals surface area contributed by atoms with Crippen LogP contribution in [-0.4, -0.2) is 23.8 Å². The van der Waals surface area contributed by atoms with E-state index < -0.39 is 0 Å². The van der Waals surface area contributed by atoms with Crippen molar-refractivity contribution < 1.29 is 9.18 Å². The van der Waals surface area contributed by atoms with Crippen LogP contribution in [0.4, 0.5) is 9.18 Å². The molecule has 26 heavy (non-hydrogen) atoms. The molecule has 0 bridgehead atoms. The highest BCUT2D eigenvalue weighted by atomic mass is 19.1. The third-order valence-corrected chi connectivity index (χ3v) is 4.11. The highest BCUT2D eigenvalue weighted by Gasteiger charge is 2.05. The number of hydrogen-bond acceptors (Lipinski definition) is 3. The molecule has 2 amide bonds. The lowest BCUT2D eigenvalue weighted by molar-refractivity contribution is 0.240. The summed E-state index contributed by atoms with van der Waals surface area (Å²) in [5, 5.41) is 12.5. The van der Waals surface area contributed by atoms with Gasteiger partial charge in [0.1, 0.15) is 5.82 Å². The SMILES string of the molecule is Cc1nc(CCNC(=O)NCc2ccccc2F)ccc1CCCC=N. The van der Waals surface area contributed by atoms with Gasteiger partial charge < -0.3 is 16.0 Å². The van der Waals surface area contributed by atoms with Crippen LogP contribution in [0, 0.1) is 18.2 Å². The Morgan fingerprint density at radius 2 is 1.96 bits per heavy atom. The lowest BCUT2D eigenvalue weighted by Crippen LogP contribution is -2.36. The molecule has 0 spiro atoms. The topological polar surface area (TPSA) is 77.9 Å². The third-order valence-electron chi connectivity index (χ3n) is 4.11. The molecule has 138 valence electrons. The van der Waals surface area contributed by atoms with Gasteiger partial charge in [0.25, 0.3) is 0 Å². The zero-order valence-corrected chi connectivity index (χ0v) is 15.0. The summed E-state index contributed by atoms with van der Waals surface area (Å²) in [6.45, 7) is 2.60. The number of pyridine rings is 1. The molecule has 1 aromatic heterocycles. The van der Waals surface area contributed by atoms with Crippen LogP contribution in [0.2, 0.25) is 0 Å². The molecule has 0 atom stereocenters. The lowest BCUT2D eigenvalue weighted by Gasteiger charge is -2.10. The molecule has 0 radical (unpaired) electrons. The van der Waals surface area contributed by atoms with Gasteiger partial charge in [-0.2, -0.15) is 0 Å². The Kier molecular flexibility index (Phi) is 7.74. The van der Waals surface area contributed by atoms with Crippen molar-refractivity contribution in [3.63, 3.8) is 0 Å². The first-order valence-electron chi connectivity index (χ1n) is 8.79. The molecule has 0 unspecified atom stereocenters. The van der Waals surface area contributed by atoms with Crippen molar-refractivity contribution in [2.75, 3.05) is 6.54 Å². The van der Waals surface area contributed by atoms with Crippen LogP contribution < -0.4 is 10.6 Å². The van der Waals surface area contributed by atoms with Crippen LogP contribution >= 0.6 is 0 Å². The monoisotopic (exact) mass is 356 g/mol. The van der Waals surface area contributed by atoms with Crippen LogP contribution in [0.25, 0.3) is 0 Å². The smallest absolute Gasteiger partial charge is 0.315 e. The summed E-state index contributed by atoms with van der Waals surface area (Å²) in [5.41, 5.74) is 3.58. The predicted octanol–water partition coefficient (Wildman–Crippen LogP) is 3.54. The molecular formula is C20H25FN4O. The average Bonchev–Trinajstić information content (AvgIpc) is 2.63. The van der Waals surface area contributed by atoms with Crippen LogP contribution in [0.3, 0.4) is 0 Å². The fourth-order valence-electron chi connectivity index (χ4n) is 2.62. The normalized spacial score (nSPS) is 10.4. The Morgan fingerprint density at radius 3 is 2.69 bits per heavy atom. The fraction of sp³-hybridized carbons (Fsp3) is 0.350. The molecule has 6 heteroatoms. The number of nitrogens with zero attached hydrogens (tertiary/aromatic N) is 1. The zero-order valence-electron chi connectivity index (χ0n) is 15.0. The summed E-state index contributed by atoms with van der Waals surface area (Å²) in [6.07, 6.45) is 4.72. The minimum Gasteiger partial charge on any atom is -0.338 e. The van der Waals surface area contributed by atoms with Crippen molar-refractivity contribution in [2.45, 2.75) is 39.2 Å². The zero-order chi connectivity index (χ0) is 18.8. The summed E-state index contributed by atoms with van der Waals surface area (Å²) in [4.78, 5) is 16.4. The quantitative estimate of drug-likeness (QED) is 0.475. The second kappa shape index (κ2) is 10.3. The Morgan fingerprint density at radius 1 is 1.15 bits per heavy atom. The van der Waals surface area contributed by atoms with E-state index >= 15 is 0 Å². The highest BCUT2D eigenvalue weighted by molar-refractivity contribution is 5.73. The number of urea groups is 1. The summed E-state index contributed by atoms with van der Waals surface area (Å²) in [6, 6.07) is 10.1. The van der Waals surface area contributed by atoms with E-state index in [1.165, 1.54) is 17.8 Å². The molecule has 3 N–H and O–H groups in total. The van der Waals surface area contributed by atoms with E-state index in [4.69, 9.17) is 5.41 Å². The van der Waals surface area contributed by atoms with E-state index in [1.54, 1.807) is 18.2 Å². The number of rotatable bonds is 9. The number of carbonyl (C=O) groups is 1. The van der Waals surface area contributed by atoms with Crippen LogP contribution in [0.5, 0.6) is 0 Å². The fourth-order valence-corrected chi connectivity index (χ4v) is 2.62. The largest absolute Gasteiger partial charge is 0.338 e. The first-order valence-corrected chi connectivity index (χ1v) is 8.79. The molecule has 0 saturated heterocycles. The second-order valence-electron chi connectivity index (χ2n) is 6.09. The lowest BCUT2D eigenvalue weighted by atomic mass is 10.1. The Hall–Kier alpha value is -2.76. The number of hydrogen-bond donors (Lipinski definition) is 3. The number of aryl methyl sites for hydroxylation is 2. The molecule has 0 fully saturated rings. The highest BCUT2D eigenvalue weighted by Crippen LogP contribution is 2.10. The Labute approximate surface area is 153 Å². The van der Waals surface area contributed by atoms with Gasteiger partial charge in [-0.1, -0.05) is 24.3 Å². The van der Waals surface area contributed by atoms with E-state index in [9.17, 15) is 9.18 Å². The summed E-state index contributed by atoms with van der Waals surface area (Å²) in [5.74, 6) is -0.326. The number of benzene rings is 1. The minimum atomic E-state index is -0.326. The first kappa shape index (κ1) is 19.6. The molecule has 5 nitrogen and oxygen atoms in total. The van der Waals surface area contributed by atoms with Gasteiger partial charge in [0.05, 0.1) is 0 Å². The number of aromatic nitrogens is 1. The van der Waals surface area contributed by atoms with Crippen molar-refractivity contribution in [2.24, 2.45) is 0 Å². The van der Waals surface area contributed by atoms with E-state index in [-0.39, 0.29) is 18.4 Å². The second-order valence-corrected chi connectivity index (χ2v) is 6.09. The molecule has 0 aliphatic carbocycles. The number of unbranched alkanes of at least 4 members (excludes halogenated alkanes) is 1. The maximum Gasteiger partial charge on any atom is 0.315 e. The third kappa shape index (κ3) is 6.27. The van der Waals surface area contributed by atoms with Gasteiger partial charge in [0, 0.05) is 36.5 Å². The van der Waals surface area contributed by atoms with E-state index in [0.717, 1.165) is 30.7 Å². The van der Waals surface area contributed by atoms with Crippen molar-refractivity contribution in [1.82, 2.24) is 15.6 Å². The van der Waals surface area contributed by atoms with Gasteiger partial charge >= 0.3 is 6.03 Å². The summed E-state index contributed by atoms with van der Waals surface area (Å²) >= 11 is 0. The summed E-state index contributed by atoms with van der Waals surface area (Å²) in [7, 11) is 0. The molecule has 0 aliphatic heterocycles. The van der Waals surface area contributed by atoms with Crippen LogP contribution in [0.1, 0.15) is 35.4 Å². The van der Waals surface area contributed by atoms with Crippen molar-refractivity contribution in [1.29, 1.82) is 5.41 Å². The van der Waals surface area contributed by atoms with Gasteiger partial charge in [-0.3, -0.25) is 4.98 Å². The maximum atomic E-state index is 13.5. The molecule has 0 aliphatic rings. The van der Waals surface area contributed by atoms with Crippen molar-refractivity contribution >= 4 is 12.2 Å². The van der Waals surface area contributed by atoms with Gasteiger partial charge in [-0.15, -0.1) is 0 Å². The van der Waals surface area contributed by atoms with Gasteiger partial charge in [0.2, 0.25) is 0 Å².